The minimum Gasteiger partial charge on any atom is -0.481 e. The van der Waals surface area contributed by atoms with E-state index in [1.54, 1.807) is 0 Å². The summed E-state index contributed by atoms with van der Waals surface area (Å²) in [5.74, 6) is -0.0614. The third-order valence-electron chi connectivity index (χ3n) is 2.56. The molecule has 1 heterocycles. The van der Waals surface area contributed by atoms with Crippen LogP contribution < -0.4 is 0 Å². The summed E-state index contributed by atoms with van der Waals surface area (Å²) in [6.45, 7) is 7.35. The first kappa shape index (κ1) is 15.1. The van der Waals surface area contributed by atoms with Crippen LogP contribution in [0.3, 0.4) is 0 Å². The highest BCUT2D eigenvalue weighted by Crippen LogP contribution is 2.21. The van der Waals surface area contributed by atoms with Crippen LogP contribution in [0.15, 0.2) is 11.1 Å². The minimum absolute atomic E-state index is 0.0962. The van der Waals surface area contributed by atoms with Crippen molar-refractivity contribution in [3.8, 4) is 0 Å². The van der Waals surface area contributed by atoms with E-state index in [1.807, 2.05) is 10.7 Å². The Labute approximate surface area is 113 Å². The molecule has 1 aromatic heterocycles. The van der Waals surface area contributed by atoms with Crippen molar-refractivity contribution < 1.29 is 9.90 Å². The quantitative estimate of drug-likeness (QED) is 0.738. The number of thioether (sulfide) groups is 1. The molecule has 0 bridgehead atoms. The summed E-state index contributed by atoms with van der Waals surface area (Å²) >= 11 is 1.35. The van der Waals surface area contributed by atoms with Crippen LogP contribution in [-0.4, -0.2) is 26.6 Å². The molecule has 0 aliphatic heterocycles. The van der Waals surface area contributed by atoms with E-state index >= 15 is 0 Å². The maximum atomic E-state index is 10.6. The summed E-state index contributed by atoms with van der Waals surface area (Å²) in [6.07, 6.45) is 3.08. The first-order valence-corrected chi connectivity index (χ1v) is 7.42. The number of rotatable bonds is 8. The number of aromatic nitrogens is 2. The highest BCUT2D eigenvalue weighted by molar-refractivity contribution is 7.99. The molecule has 4 nitrogen and oxygen atoms in total. The zero-order valence-electron chi connectivity index (χ0n) is 11.3. The molecule has 0 saturated carbocycles. The molecule has 1 rings (SSSR count). The Kier molecular flexibility index (Phi) is 6.25. The molecule has 5 heteroatoms. The number of hydrogen-bond donors (Lipinski definition) is 1. The highest BCUT2D eigenvalue weighted by atomic mass is 32.2. The first-order valence-electron chi connectivity index (χ1n) is 6.44. The van der Waals surface area contributed by atoms with Crippen LogP contribution in [0.2, 0.25) is 0 Å². The second-order valence-electron chi connectivity index (χ2n) is 4.81. The molecule has 1 aromatic rings. The van der Waals surface area contributed by atoms with Crippen molar-refractivity contribution in [3.05, 3.63) is 11.8 Å². The standard InChI is InChI=1S/C13H22N2O2S/c1-4-5-11-8-12(18-9-13(16)17)15(14-11)7-6-10(2)3/h8,10H,4-7,9H2,1-3H3,(H,16,17). The van der Waals surface area contributed by atoms with Crippen LogP contribution in [0.5, 0.6) is 0 Å². The molecule has 0 atom stereocenters. The molecule has 0 saturated heterocycles. The van der Waals surface area contributed by atoms with Crippen LogP contribution in [0, 0.1) is 5.92 Å². The Morgan fingerprint density at radius 2 is 2.28 bits per heavy atom. The SMILES string of the molecule is CCCc1cc(SCC(=O)O)n(CCC(C)C)n1. The minimum atomic E-state index is -0.784. The average molecular weight is 270 g/mol. The number of aliphatic carboxylic acids is 1. The van der Waals surface area contributed by atoms with Gasteiger partial charge in [0.1, 0.15) is 0 Å². The molecule has 18 heavy (non-hydrogen) atoms. The Bertz CT molecular complexity index is 388. The van der Waals surface area contributed by atoms with Crippen LogP contribution in [0.25, 0.3) is 0 Å². The smallest absolute Gasteiger partial charge is 0.313 e. The lowest BCUT2D eigenvalue weighted by Gasteiger charge is -2.08. The zero-order chi connectivity index (χ0) is 13.5. The summed E-state index contributed by atoms with van der Waals surface area (Å²) in [5.41, 5.74) is 1.06. The Morgan fingerprint density at radius 1 is 1.56 bits per heavy atom. The first-order chi connectivity index (χ1) is 8.52. The van der Waals surface area contributed by atoms with Gasteiger partial charge in [-0.05, 0) is 24.8 Å². The predicted molar refractivity (Wildman–Crippen MR) is 74.0 cm³/mol. The molecule has 0 amide bonds. The molecule has 0 aliphatic rings. The van der Waals surface area contributed by atoms with Crippen LogP contribution in [0.1, 0.15) is 39.3 Å². The van der Waals surface area contributed by atoms with Crippen molar-refractivity contribution in [3.63, 3.8) is 0 Å². The van der Waals surface area contributed by atoms with Gasteiger partial charge in [0.15, 0.2) is 0 Å². The number of carboxylic acids is 1. The Hall–Kier alpha value is -0.970. The van der Waals surface area contributed by atoms with Gasteiger partial charge < -0.3 is 5.11 Å². The summed E-state index contributed by atoms with van der Waals surface area (Å²) in [7, 11) is 0. The maximum Gasteiger partial charge on any atom is 0.313 e. The van der Waals surface area contributed by atoms with Gasteiger partial charge in [0.05, 0.1) is 16.5 Å². The van der Waals surface area contributed by atoms with Crippen molar-refractivity contribution in [1.82, 2.24) is 9.78 Å². The molecule has 0 radical (unpaired) electrons. The van der Waals surface area contributed by atoms with Gasteiger partial charge in [-0.15, -0.1) is 0 Å². The lowest BCUT2D eigenvalue weighted by atomic mass is 10.1. The van der Waals surface area contributed by atoms with Gasteiger partial charge in [-0.1, -0.05) is 39.0 Å². The fraction of sp³-hybridized carbons (Fsp3) is 0.692. The number of aryl methyl sites for hydroxylation is 2. The summed E-state index contributed by atoms with van der Waals surface area (Å²) in [4.78, 5) is 10.6. The van der Waals surface area contributed by atoms with Gasteiger partial charge in [-0.2, -0.15) is 5.10 Å². The predicted octanol–water partition coefficient (Wildman–Crippen LogP) is 3.06. The molecule has 0 aliphatic carbocycles. The summed E-state index contributed by atoms with van der Waals surface area (Å²) in [5, 5.41) is 14.3. The van der Waals surface area contributed by atoms with Crippen molar-refractivity contribution in [1.29, 1.82) is 0 Å². The second kappa shape index (κ2) is 7.46. The van der Waals surface area contributed by atoms with Crippen LogP contribution in [-0.2, 0) is 17.8 Å². The van der Waals surface area contributed by atoms with Crippen molar-refractivity contribution in [2.45, 2.75) is 51.6 Å². The summed E-state index contributed by atoms with van der Waals surface area (Å²) in [6, 6.07) is 2.03. The Balaban J connectivity index is 2.72. The van der Waals surface area contributed by atoms with E-state index in [-0.39, 0.29) is 5.75 Å². The van der Waals surface area contributed by atoms with E-state index in [9.17, 15) is 4.79 Å². The number of carboxylic acid groups (broad SMARTS) is 1. The largest absolute Gasteiger partial charge is 0.481 e. The fourth-order valence-corrected chi connectivity index (χ4v) is 2.39. The average Bonchev–Trinajstić information content (AvgIpc) is 2.66. The molecule has 0 aromatic carbocycles. The molecule has 102 valence electrons. The van der Waals surface area contributed by atoms with Crippen molar-refractivity contribution >= 4 is 17.7 Å². The van der Waals surface area contributed by atoms with E-state index in [2.05, 4.69) is 25.9 Å². The second-order valence-corrected chi connectivity index (χ2v) is 5.81. The number of hydrogen-bond acceptors (Lipinski definition) is 3. The molecule has 1 N–H and O–H groups in total. The third-order valence-corrected chi connectivity index (χ3v) is 3.58. The molecule has 0 fully saturated rings. The van der Waals surface area contributed by atoms with Crippen LogP contribution >= 0.6 is 11.8 Å². The fourth-order valence-electron chi connectivity index (χ4n) is 1.62. The van der Waals surface area contributed by atoms with Crippen molar-refractivity contribution in [2.75, 3.05) is 5.75 Å². The number of carbonyl (C=O) groups is 1. The van der Waals surface area contributed by atoms with E-state index in [0.717, 1.165) is 36.5 Å². The maximum absolute atomic E-state index is 10.6. The molecular weight excluding hydrogens is 248 g/mol. The van der Waals surface area contributed by atoms with Crippen LogP contribution in [0.4, 0.5) is 0 Å². The third kappa shape index (κ3) is 5.12. The lowest BCUT2D eigenvalue weighted by Crippen LogP contribution is -2.06. The summed E-state index contributed by atoms with van der Waals surface area (Å²) < 4.78 is 1.96. The zero-order valence-corrected chi connectivity index (χ0v) is 12.2. The van der Waals surface area contributed by atoms with Gasteiger partial charge >= 0.3 is 5.97 Å². The van der Waals surface area contributed by atoms with Gasteiger partial charge in [0, 0.05) is 6.54 Å². The number of nitrogens with zero attached hydrogens (tertiary/aromatic N) is 2. The topological polar surface area (TPSA) is 55.1 Å². The van der Waals surface area contributed by atoms with Gasteiger partial charge in [-0.3, -0.25) is 9.48 Å². The lowest BCUT2D eigenvalue weighted by molar-refractivity contribution is -0.133. The Morgan fingerprint density at radius 3 is 2.83 bits per heavy atom. The van der Waals surface area contributed by atoms with E-state index < -0.39 is 5.97 Å². The van der Waals surface area contributed by atoms with Gasteiger partial charge in [0.25, 0.3) is 0 Å². The normalized spacial score (nSPS) is 11.1. The van der Waals surface area contributed by atoms with E-state index in [0.29, 0.717) is 5.92 Å². The van der Waals surface area contributed by atoms with E-state index in [1.165, 1.54) is 11.8 Å². The molecule has 0 spiro atoms. The van der Waals surface area contributed by atoms with Crippen molar-refractivity contribution in [2.24, 2.45) is 5.92 Å². The monoisotopic (exact) mass is 270 g/mol. The van der Waals surface area contributed by atoms with Gasteiger partial charge in [-0.25, -0.2) is 0 Å². The highest BCUT2D eigenvalue weighted by Gasteiger charge is 2.10. The van der Waals surface area contributed by atoms with Gasteiger partial charge in [0.2, 0.25) is 0 Å². The van der Waals surface area contributed by atoms with E-state index in [4.69, 9.17) is 5.11 Å². The molecular formula is C13H22N2O2S. The molecule has 0 unspecified atom stereocenters.